The Morgan fingerprint density at radius 2 is 2.24 bits per heavy atom. The van der Waals surface area contributed by atoms with Crippen LogP contribution in [0.1, 0.15) is 11.4 Å². The summed E-state index contributed by atoms with van der Waals surface area (Å²) in [5.74, 6) is 1.42. The van der Waals surface area contributed by atoms with Gasteiger partial charge in [-0.1, -0.05) is 6.07 Å². The first-order valence-electron chi connectivity index (χ1n) is 6.24. The van der Waals surface area contributed by atoms with Gasteiger partial charge in [0.05, 0.1) is 23.2 Å². The Labute approximate surface area is 120 Å². The van der Waals surface area contributed by atoms with Gasteiger partial charge in [0, 0.05) is 7.05 Å². The summed E-state index contributed by atoms with van der Waals surface area (Å²) in [6.07, 6.45) is 1.63. The number of hydrogen-bond donors (Lipinski definition) is 1. The summed E-state index contributed by atoms with van der Waals surface area (Å²) in [7, 11) is 1.79. The molecule has 0 radical (unpaired) electrons. The SMILES string of the molecule is Cn1ncc2c(N)nc(COc3cccc(C#N)c3)nc21. The zero-order chi connectivity index (χ0) is 14.8. The van der Waals surface area contributed by atoms with Gasteiger partial charge in [-0.15, -0.1) is 0 Å². The molecule has 7 nitrogen and oxygen atoms in total. The van der Waals surface area contributed by atoms with Gasteiger partial charge in [0.1, 0.15) is 18.2 Å². The highest BCUT2D eigenvalue weighted by molar-refractivity contribution is 5.84. The van der Waals surface area contributed by atoms with E-state index >= 15 is 0 Å². The van der Waals surface area contributed by atoms with Gasteiger partial charge in [-0.2, -0.15) is 10.4 Å². The van der Waals surface area contributed by atoms with Crippen molar-refractivity contribution in [3.05, 3.63) is 41.9 Å². The Bertz CT molecular complexity index is 848. The maximum absolute atomic E-state index is 8.85. The number of nitrogens with two attached hydrogens (primary N) is 1. The van der Waals surface area contributed by atoms with Crippen molar-refractivity contribution in [3.8, 4) is 11.8 Å². The molecule has 0 atom stereocenters. The molecule has 0 fully saturated rings. The molecule has 3 rings (SSSR count). The van der Waals surface area contributed by atoms with E-state index in [-0.39, 0.29) is 6.61 Å². The van der Waals surface area contributed by atoms with E-state index in [2.05, 4.69) is 21.1 Å². The van der Waals surface area contributed by atoms with E-state index in [0.29, 0.717) is 34.0 Å². The first-order chi connectivity index (χ1) is 10.2. The summed E-state index contributed by atoms with van der Waals surface area (Å²) in [4.78, 5) is 8.57. The summed E-state index contributed by atoms with van der Waals surface area (Å²) in [5, 5.41) is 13.7. The molecule has 7 heteroatoms. The summed E-state index contributed by atoms with van der Waals surface area (Å²) in [5.41, 5.74) is 7.08. The molecular weight excluding hydrogens is 268 g/mol. The predicted octanol–water partition coefficient (Wildman–Crippen LogP) is 1.40. The van der Waals surface area contributed by atoms with Gasteiger partial charge in [0.15, 0.2) is 11.5 Å². The largest absolute Gasteiger partial charge is 0.486 e. The molecule has 0 saturated heterocycles. The molecule has 0 aliphatic rings. The van der Waals surface area contributed by atoms with Crippen LogP contribution in [0.25, 0.3) is 11.0 Å². The van der Waals surface area contributed by atoms with Crippen molar-refractivity contribution in [1.82, 2.24) is 19.7 Å². The number of fused-ring (bicyclic) bond motifs is 1. The second kappa shape index (κ2) is 5.09. The van der Waals surface area contributed by atoms with Gasteiger partial charge in [-0.3, -0.25) is 4.68 Å². The quantitative estimate of drug-likeness (QED) is 0.777. The first-order valence-corrected chi connectivity index (χ1v) is 6.24. The van der Waals surface area contributed by atoms with E-state index < -0.39 is 0 Å². The topological polar surface area (TPSA) is 103 Å². The van der Waals surface area contributed by atoms with Crippen LogP contribution in [-0.4, -0.2) is 19.7 Å². The second-order valence-electron chi connectivity index (χ2n) is 4.46. The van der Waals surface area contributed by atoms with E-state index in [4.69, 9.17) is 15.7 Å². The van der Waals surface area contributed by atoms with Crippen molar-refractivity contribution in [1.29, 1.82) is 5.26 Å². The smallest absolute Gasteiger partial charge is 0.170 e. The van der Waals surface area contributed by atoms with Crippen LogP contribution in [0.15, 0.2) is 30.5 Å². The van der Waals surface area contributed by atoms with Crippen molar-refractivity contribution in [2.75, 3.05) is 5.73 Å². The number of nitrogen functional groups attached to an aromatic ring is 1. The number of hydrogen-bond acceptors (Lipinski definition) is 6. The fourth-order valence-corrected chi connectivity index (χ4v) is 1.96. The van der Waals surface area contributed by atoms with Crippen molar-refractivity contribution >= 4 is 16.9 Å². The molecule has 1 aromatic carbocycles. The van der Waals surface area contributed by atoms with Crippen LogP contribution in [-0.2, 0) is 13.7 Å². The Balaban J connectivity index is 1.85. The number of aromatic nitrogens is 4. The highest BCUT2D eigenvalue weighted by atomic mass is 16.5. The van der Waals surface area contributed by atoms with E-state index in [1.807, 2.05) is 0 Å². The fourth-order valence-electron chi connectivity index (χ4n) is 1.96. The van der Waals surface area contributed by atoms with Crippen LogP contribution in [0.4, 0.5) is 5.82 Å². The molecule has 3 aromatic rings. The summed E-state index contributed by atoms with van der Waals surface area (Å²) < 4.78 is 7.23. The van der Waals surface area contributed by atoms with Crippen molar-refractivity contribution in [2.45, 2.75) is 6.61 Å². The van der Waals surface area contributed by atoms with Crippen LogP contribution in [0.3, 0.4) is 0 Å². The molecule has 0 amide bonds. The van der Waals surface area contributed by atoms with Gasteiger partial charge < -0.3 is 10.5 Å². The van der Waals surface area contributed by atoms with Gasteiger partial charge in [0.2, 0.25) is 0 Å². The molecule has 0 aliphatic carbocycles. The normalized spacial score (nSPS) is 10.5. The third-order valence-corrected chi connectivity index (χ3v) is 3.00. The molecule has 2 N–H and O–H groups in total. The van der Waals surface area contributed by atoms with Gasteiger partial charge >= 0.3 is 0 Å². The molecule has 104 valence electrons. The number of anilines is 1. The molecule has 21 heavy (non-hydrogen) atoms. The average molecular weight is 280 g/mol. The van der Waals surface area contributed by atoms with Crippen LogP contribution >= 0.6 is 0 Å². The Morgan fingerprint density at radius 1 is 1.38 bits per heavy atom. The maximum atomic E-state index is 8.85. The van der Waals surface area contributed by atoms with E-state index in [0.717, 1.165) is 0 Å². The lowest BCUT2D eigenvalue weighted by atomic mass is 10.2. The van der Waals surface area contributed by atoms with Crippen LogP contribution in [0.5, 0.6) is 5.75 Å². The lowest BCUT2D eigenvalue weighted by molar-refractivity contribution is 0.296. The number of aryl methyl sites for hydroxylation is 1. The monoisotopic (exact) mass is 280 g/mol. The zero-order valence-electron chi connectivity index (χ0n) is 11.3. The zero-order valence-corrected chi connectivity index (χ0v) is 11.3. The van der Waals surface area contributed by atoms with Gasteiger partial charge in [-0.05, 0) is 18.2 Å². The molecular formula is C14H12N6O. The minimum Gasteiger partial charge on any atom is -0.486 e. The Kier molecular flexibility index (Phi) is 3.12. The summed E-state index contributed by atoms with van der Waals surface area (Å²) in [6, 6.07) is 8.96. The number of nitriles is 1. The lowest BCUT2D eigenvalue weighted by Gasteiger charge is -2.06. The van der Waals surface area contributed by atoms with Gasteiger partial charge in [0.25, 0.3) is 0 Å². The molecule has 0 aliphatic heterocycles. The average Bonchev–Trinajstić information content (AvgIpc) is 2.87. The number of ether oxygens (including phenoxy) is 1. The number of benzene rings is 1. The molecule has 2 heterocycles. The van der Waals surface area contributed by atoms with Crippen LogP contribution in [0.2, 0.25) is 0 Å². The van der Waals surface area contributed by atoms with E-state index in [1.165, 1.54) is 0 Å². The molecule has 0 saturated carbocycles. The Morgan fingerprint density at radius 3 is 3.05 bits per heavy atom. The van der Waals surface area contributed by atoms with Crippen LogP contribution in [0, 0.1) is 11.3 Å². The highest BCUT2D eigenvalue weighted by Gasteiger charge is 2.09. The number of rotatable bonds is 3. The van der Waals surface area contributed by atoms with Crippen LogP contribution < -0.4 is 10.5 Å². The third kappa shape index (κ3) is 2.47. The summed E-state index contributed by atoms with van der Waals surface area (Å²) >= 11 is 0. The second-order valence-corrected chi connectivity index (χ2v) is 4.46. The minimum atomic E-state index is 0.167. The lowest BCUT2D eigenvalue weighted by Crippen LogP contribution is -2.06. The number of nitrogens with zero attached hydrogens (tertiary/aromatic N) is 5. The van der Waals surface area contributed by atoms with Crippen molar-refractivity contribution in [2.24, 2.45) is 7.05 Å². The molecule has 0 bridgehead atoms. The van der Waals surface area contributed by atoms with Crippen molar-refractivity contribution < 1.29 is 4.74 Å². The molecule has 2 aromatic heterocycles. The molecule has 0 unspecified atom stereocenters. The van der Waals surface area contributed by atoms with E-state index in [1.54, 1.807) is 42.2 Å². The van der Waals surface area contributed by atoms with Crippen molar-refractivity contribution in [3.63, 3.8) is 0 Å². The highest BCUT2D eigenvalue weighted by Crippen LogP contribution is 2.18. The van der Waals surface area contributed by atoms with E-state index in [9.17, 15) is 0 Å². The fraction of sp³-hybridized carbons (Fsp3) is 0.143. The third-order valence-electron chi connectivity index (χ3n) is 3.00. The van der Waals surface area contributed by atoms with Gasteiger partial charge in [-0.25, -0.2) is 9.97 Å². The Hall–Kier alpha value is -3.14. The maximum Gasteiger partial charge on any atom is 0.170 e. The first kappa shape index (κ1) is 12.9. The minimum absolute atomic E-state index is 0.167. The molecule has 0 spiro atoms. The summed E-state index contributed by atoms with van der Waals surface area (Å²) in [6.45, 7) is 0.167. The standard InChI is InChI=1S/C14H12N6O/c1-20-14-11(7-17-20)13(16)18-12(19-14)8-21-10-4-2-3-9(5-10)6-15/h2-5,7H,8H2,1H3,(H2,16,18,19). The predicted molar refractivity (Wildman–Crippen MR) is 76.2 cm³/mol.